The van der Waals surface area contributed by atoms with Crippen molar-refractivity contribution in [3.05, 3.63) is 90.1 Å². The number of nitrogens with zero attached hydrogens (tertiary/aromatic N) is 2. The van der Waals surface area contributed by atoms with Crippen LogP contribution >= 0.6 is 0 Å². The first-order chi connectivity index (χ1) is 13.3. The molecule has 3 aromatic carbocycles. The minimum Gasteiger partial charge on any atom is -0.384 e. The summed E-state index contributed by atoms with van der Waals surface area (Å²) in [5.41, 5.74) is 5.01. The van der Waals surface area contributed by atoms with E-state index in [1.54, 1.807) is 6.20 Å². The van der Waals surface area contributed by atoms with E-state index in [9.17, 15) is 5.11 Å². The van der Waals surface area contributed by atoms with E-state index in [1.807, 2.05) is 36.4 Å². The molecule has 1 unspecified atom stereocenters. The Morgan fingerprint density at radius 1 is 0.889 bits per heavy atom. The lowest BCUT2D eigenvalue weighted by molar-refractivity contribution is 0.222. The van der Waals surface area contributed by atoms with Crippen LogP contribution in [0.3, 0.4) is 0 Å². The summed E-state index contributed by atoms with van der Waals surface area (Å²) < 4.78 is 2.32. The maximum Gasteiger partial charge on any atom is 0.106 e. The number of para-hydroxylation sites is 2. The van der Waals surface area contributed by atoms with Gasteiger partial charge in [-0.05, 0) is 36.8 Å². The molecule has 3 heteroatoms. The topological polar surface area (TPSA) is 38.0 Å². The number of fused-ring (bicyclic) bond motifs is 4. The van der Waals surface area contributed by atoms with Crippen molar-refractivity contribution in [1.29, 1.82) is 0 Å². The van der Waals surface area contributed by atoms with Gasteiger partial charge in [0.1, 0.15) is 6.10 Å². The lowest BCUT2D eigenvalue weighted by atomic mass is 9.97. The zero-order valence-corrected chi connectivity index (χ0v) is 15.1. The first-order valence-corrected chi connectivity index (χ1v) is 9.30. The number of aliphatic hydroxyl groups is 1. The minimum absolute atomic E-state index is 0.711. The molecule has 0 saturated heterocycles. The molecule has 0 aliphatic heterocycles. The van der Waals surface area contributed by atoms with Gasteiger partial charge < -0.3 is 9.67 Å². The molecule has 27 heavy (non-hydrogen) atoms. The summed E-state index contributed by atoms with van der Waals surface area (Å²) in [4.78, 5) is 4.49. The molecule has 0 aliphatic carbocycles. The molecule has 1 atom stereocenters. The first kappa shape index (κ1) is 16.0. The van der Waals surface area contributed by atoms with Gasteiger partial charge in [0.15, 0.2) is 0 Å². The Kier molecular flexibility index (Phi) is 3.69. The maximum absolute atomic E-state index is 11.1. The molecule has 1 N–H and O–H groups in total. The number of hydrogen-bond acceptors (Lipinski definition) is 2. The van der Waals surface area contributed by atoms with Crippen LogP contribution in [0.25, 0.3) is 32.7 Å². The fraction of sp³-hybridized carbons (Fsp3) is 0.125. The second-order valence-corrected chi connectivity index (χ2v) is 6.86. The van der Waals surface area contributed by atoms with Crippen LogP contribution in [-0.4, -0.2) is 14.7 Å². The summed E-state index contributed by atoms with van der Waals surface area (Å²) in [6.07, 6.45) is 1.06. The van der Waals surface area contributed by atoms with Gasteiger partial charge in [0.05, 0.1) is 5.52 Å². The number of hydrogen-bond donors (Lipinski definition) is 1. The fourth-order valence-electron chi connectivity index (χ4n) is 4.11. The lowest BCUT2D eigenvalue weighted by Gasteiger charge is -2.14. The molecule has 2 heterocycles. The third-order valence-corrected chi connectivity index (χ3v) is 5.39. The maximum atomic E-state index is 11.1. The standard InChI is InChI=1S/C24H20N2O/c1-2-26-21-11-4-3-9-18(21)20-15-17(12-13-22(20)26)24(27)19-10-5-7-16-8-6-14-25-23(16)19/h3-15,24,27H,2H2,1H3. The summed E-state index contributed by atoms with van der Waals surface area (Å²) in [5.74, 6) is 0. The lowest BCUT2D eigenvalue weighted by Crippen LogP contribution is -2.01. The molecule has 3 nitrogen and oxygen atoms in total. The van der Waals surface area contributed by atoms with Crippen molar-refractivity contribution in [3.63, 3.8) is 0 Å². The van der Waals surface area contributed by atoms with Crippen molar-refractivity contribution in [1.82, 2.24) is 9.55 Å². The van der Waals surface area contributed by atoms with Gasteiger partial charge in [-0.15, -0.1) is 0 Å². The highest BCUT2D eigenvalue weighted by Crippen LogP contribution is 2.33. The van der Waals surface area contributed by atoms with Crippen LogP contribution in [0.1, 0.15) is 24.2 Å². The highest BCUT2D eigenvalue weighted by Gasteiger charge is 2.17. The first-order valence-electron chi connectivity index (χ1n) is 9.30. The van der Waals surface area contributed by atoms with Crippen molar-refractivity contribution < 1.29 is 5.11 Å². The van der Waals surface area contributed by atoms with Crippen molar-refractivity contribution >= 4 is 32.7 Å². The summed E-state index contributed by atoms with van der Waals surface area (Å²) in [6, 6.07) is 24.6. The highest BCUT2D eigenvalue weighted by molar-refractivity contribution is 6.08. The Bertz CT molecular complexity index is 1280. The number of rotatable bonds is 3. The Morgan fingerprint density at radius 2 is 1.70 bits per heavy atom. The van der Waals surface area contributed by atoms with Crippen LogP contribution < -0.4 is 0 Å². The molecule has 0 bridgehead atoms. The zero-order valence-electron chi connectivity index (χ0n) is 15.1. The molecule has 0 amide bonds. The smallest absolute Gasteiger partial charge is 0.106 e. The van der Waals surface area contributed by atoms with Gasteiger partial charge in [-0.2, -0.15) is 0 Å². The zero-order chi connectivity index (χ0) is 18.4. The van der Waals surface area contributed by atoms with Crippen LogP contribution in [0.15, 0.2) is 79.0 Å². The van der Waals surface area contributed by atoms with Crippen molar-refractivity contribution in [2.45, 2.75) is 19.6 Å². The van der Waals surface area contributed by atoms with E-state index in [4.69, 9.17) is 0 Å². The highest BCUT2D eigenvalue weighted by atomic mass is 16.3. The molecule has 0 aliphatic rings. The van der Waals surface area contributed by atoms with Gasteiger partial charge in [-0.1, -0.05) is 48.5 Å². The van der Waals surface area contributed by atoms with E-state index >= 15 is 0 Å². The van der Waals surface area contributed by atoms with Gasteiger partial charge in [-0.25, -0.2) is 0 Å². The molecule has 132 valence electrons. The Hall–Kier alpha value is -3.17. The van der Waals surface area contributed by atoms with E-state index in [0.29, 0.717) is 0 Å². The van der Waals surface area contributed by atoms with Gasteiger partial charge in [0.2, 0.25) is 0 Å². The molecule has 2 aromatic heterocycles. The van der Waals surface area contributed by atoms with Gasteiger partial charge >= 0.3 is 0 Å². The fourth-order valence-corrected chi connectivity index (χ4v) is 4.11. The number of aliphatic hydroxyl groups excluding tert-OH is 1. The predicted molar refractivity (Wildman–Crippen MR) is 111 cm³/mol. The molecule has 0 radical (unpaired) electrons. The van der Waals surface area contributed by atoms with Crippen molar-refractivity contribution in [2.75, 3.05) is 0 Å². The number of aryl methyl sites for hydroxylation is 1. The third-order valence-electron chi connectivity index (χ3n) is 5.39. The normalized spacial score (nSPS) is 12.8. The predicted octanol–water partition coefficient (Wildman–Crippen LogP) is 5.44. The van der Waals surface area contributed by atoms with E-state index in [0.717, 1.165) is 28.6 Å². The average Bonchev–Trinajstić information content (AvgIpc) is 3.05. The number of aromatic nitrogens is 2. The second-order valence-electron chi connectivity index (χ2n) is 6.86. The molecule has 0 fully saturated rings. The summed E-state index contributed by atoms with van der Waals surface area (Å²) in [7, 11) is 0. The monoisotopic (exact) mass is 352 g/mol. The molecule has 5 rings (SSSR count). The van der Waals surface area contributed by atoms with E-state index < -0.39 is 6.10 Å². The molecule has 0 saturated carbocycles. The van der Waals surface area contributed by atoms with Crippen LogP contribution in [0.2, 0.25) is 0 Å². The summed E-state index contributed by atoms with van der Waals surface area (Å²) in [5, 5.41) is 14.6. The minimum atomic E-state index is -0.711. The Balaban J connectivity index is 1.72. The summed E-state index contributed by atoms with van der Waals surface area (Å²) >= 11 is 0. The van der Waals surface area contributed by atoms with E-state index in [1.165, 1.54) is 21.8 Å². The van der Waals surface area contributed by atoms with Crippen LogP contribution in [0.4, 0.5) is 0 Å². The van der Waals surface area contributed by atoms with Crippen molar-refractivity contribution in [2.24, 2.45) is 0 Å². The molecule has 0 spiro atoms. The van der Waals surface area contributed by atoms with Crippen molar-refractivity contribution in [3.8, 4) is 0 Å². The van der Waals surface area contributed by atoms with Crippen LogP contribution in [0, 0.1) is 0 Å². The Labute approximate surface area is 157 Å². The van der Waals surface area contributed by atoms with Gasteiger partial charge in [0, 0.05) is 45.5 Å². The van der Waals surface area contributed by atoms with Crippen LogP contribution in [-0.2, 0) is 6.54 Å². The van der Waals surface area contributed by atoms with E-state index in [-0.39, 0.29) is 0 Å². The summed E-state index contributed by atoms with van der Waals surface area (Å²) in [6.45, 7) is 3.08. The number of pyridine rings is 1. The molecule has 5 aromatic rings. The molecular weight excluding hydrogens is 332 g/mol. The van der Waals surface area contributed by atoms with Gasteiger partial charge in [-0.3, -0.25) is 4.98 Å². The average molecular weight is 352 g/mol. The Morgan fingerprint density at radius 3 is 2.59 bits per heavy atom. The second kappa shape index (κ2) is 6.22. The third kappa shape index (κ3) is 2.43. The number of benzene rings is 3. The quantitative estimate of drug-likeness (QED) is 0.469. The largest absolute Gasteiger partial charge is 0.384 e. The van der Waals surface area contributed by atoms with Gasteiger partial charge in [0.25, 0.3) is 0 Å². The van der Waals surface area contributed by atoms with E-state index in [2.05, 4.69) is 52.9 Å². The SMILES string of the molecule is CCn1c2ccccc2c2cc(C(O)c3cccc4cccnc34)ccc21. The van der Waals surface area contributed by atoms with Crippen LogP contribution in [0.5, 0.6) is 0 Å². The molecular formula is C24H20N2O.